The molecule has 1 nitrogen and oxygen atoms in total. The first-order valence-corrected chi connectivity index (χ1v) is 4.45. The quantitative estimate of drug-likeness (QED) is 0.470. The first-order chi connectivity index (χ1) is 2.41. The molecule has 0 aliphatic carbocycles. The molecule has 0 amide bonds. The third-order valence-corrected chi connectivity index (χ3v) is 1.72. The molecule has 0 saturated heterocycles. The van der Waals surface area contributed by atoms with Crippen LogP contribution < -0.4 is 0 Å². The second-order valence-corrected chi connectivity index (χ2v) is 2.79. The molecular formula is C4H16OSn3. The van der Waals surface area contributed by atoms with E-state index in [0.29, 0.717) is 0 Å². The van der Waals surface area contributed by atoms with Gasteiger partial charge in [0.05, 0.1) is 0 Å². The summed E-state index contributed by atoms with van der Waals surface area (Å²) in [4.78, 5) is 0. The van der Waals surface area contributed by atoms with Gasteiger partial charge in [0.25, 0.3) is 0 Å². The average Bonchev–Trinajstić information content (AvgIpc) is 1.41. The Morgan fingerprint density at radius 3 is 1.62 bits per heavy atom. The van der Waals surface area contributed by atoms with Crippen LogP contribution in [-0.2, 0) is 0 Å². The Kier molecular flexibility index (Phi) is 63.9. The molecule has 8 heavy (non-hydrogen) atoms. The Morgan fingerprint density at radius 2 is 1.62 bits per heavy atom. The topological polar surface area (TPSA) is 31.5 Å². The van der Waals surface area contributed by atoms with Crippen molar-refractivity contribution in [3.8, 4) is 0 Å². The van der Waals surface area contributed by atoms with E-state index in [-0.39, 0.29) is 53.3 Å². The third-order valence-electron chi connectivity index (χ3n) is 0.558. The van der Waals surface area contributed by atoms with Gasteiger partial charge < -0.3 is 5.48 Å². The average molecular weight is 436 g/mol. The van der Waals surface area contributed by atoms with Crippen LogP contribution in [0, 0.1) is 0 Å². The minimum atomic E-state index is 0. The van der Waals surface area contributed by atoms with Gasteiger partial charge in [0, 0.05) is 0 Å². The predicted octanol–water partition coefficient (Wildman–Crippen LogP) is -1.55. The van der Waals surface area contributed by atoms with Crippen LogP contribution in [-0.4, -0.2) is 75.8 Å². The zero-order valence-corrected chi connectivity index (χ0v) is 17.0. The van der Waals surface area contributed by atoms with Gasteiger partial charge in [-0.3, -0.25) is 0 Å². The van der Waals surface area contributed by atoms with E-state index in [4.69, 9.17) is 0 Å². The van der Waals surface area contributed by atoms with Crippen LogP contribution in [0.2, 0.25) is 4.44 Å². The summed E-state index contributed by atoms with van der Waals surface area (Å²) in [5.41, 5.74) is 0. The first-order valence-electron chi connectivity index (χ1n) is 2.12. The Hall–Kier alpha value is 2.36. The van der Waals surface area contributed by atoms with Crippen LogP contribution in [0.15, 0.2) is 0 Å². The molecule has 0 aliphatic rings. The summed E-state index contributed by atoms with van der Waals surface area (Å²) < 4.78 is 1.47. The zero-order valence-electron chi connectivity index (χ0n) is 5.61. The van der Waals surface area contributed by atoms with E-state index in [1.165, 1.54) is 39.8 Å². The van der Waals surface area contributed by atoms with Gasteiger partial charge in [-0.15, -0.1) is 0 Å². The van der Waals surface area contributed by atoms with Crippen molar-refractivity contribution in [2.45, 2.75) is 24.2 Å². The molecule has 0 bridgehead atoms. The van der Waals surface area contributed by atoms with Crippen LogP contribution in [0.25, 0.3) is 0 Å². The van der Waals surface area contributed by atoms with Crippen LogP contribution in [0.5, 0.6) is 0 Å². The Balaban J connectivity index is -0.0000000267. The van der Waals surface area contributed by atoms with Crippen LogP contribution in [0.4, 0.5) is 0 Å². The number of hydrogen-bond donors (Lipinski definition) is 0. The fourth-order valence-electron chi connectivity index (χ4n) is 0.204. The van der Waals surface area contributed by atoms with Gasteiger partial charge in [-0.2, -0.15) is 0 Å². The molecule has 0 rings (SSSR count). The van der Waals surface area contributed by atoms with Crippen molar-refractivity contribution in [2.75, 3.05) is 0 Å². The molecular weight excluding hydrogens is 420 g/mol. The van der Waals surface area contributed by atoms with Crippen molar-refractivity contribution in [3.05, 3.63) is 0 Å². The van der Waals surface area contributed by atoms with Gasteiger partial charge in [-0.05, 0) is 0 Å². The van der Waals surface area contributed by atoms with Crippen LogP contribution >= 0.6 is 0 Å². The maximum absolute atomic E-state index is 2.23. The molecule has 50 valence electrons. The normalized spacial score (nSPS) is 5.25. The molecule has 0 fully saturated rings. The van der Waals surface area contributed by atoms with E-state index in [1.807, 2.05) is 0 Å². The Bertz CT molecular complexity index is 18.8. The SMILES string of the molecule is CCC[CH2][SnH].O.[SnH2].[SnH2]. The summed E-state index contributed by atoms with van der Waals surface area (Å²) in [5.74, 6) is 0. The molecule has 6 radical (unpaired) electrons. The van der Waals surface area contributed by atoms with E-state index in [9.17, 15) is 0 Å². The second-order valence-electron chi connectivity index (χ2n) is 1.14. The predicted molar refractivity (Wildman–Crippen MR) is 47.6 cm³/mol. The minimum absolute atomic E-state index is 0. The van der Waals surface area contributed by atoms with Crippen molar-refractivity contribution in [1.29, 1.82) is 0 Å². The summed E-state index contributed by atoms with van der Waals surface area (Å²) in [6.45, 7) is 2.23. The number of hydrogen-bond acceptors (Lipinski definition) is 0. The van der Waals surface area contributed by atoms with Gasteiger partial charge >= 0.3 is 94.5 Å². The fraction of sp³-hybridized carbons (Fsp3) is 1.00. The van der Waals surface area contributed by atoms with Crippen LogP contribution in [0.3, 0.4) is 0 Å². The van der Waals surface area contributed by atoms with Crippen molar-refractivity contribution >= 4 is 70.3 Å². The summed E-state index contributed by atoms with van der Waals surface area (Å²) in [6.07, 6.45) is 2.82. The van der Waals surface area contributed by atoms with Gasteiger partial charge in [0.2, 0.25) is 0 Å². The molecule has 0 unspecified atom stereocenters. The summed E-state index contributed by atoms with van der Waals surface area (Å²) >= 11 is 1.45. The van der Waals surface area contributed by atoms with E-state index in [1.54, 1.807) is 0 Å². The van der Waals surface area contributed by atoms with Gasteiger partial charge in [0.1, 0.15) is 0 Å². The number of unbranched alkanes of at least 4 members (excludes halogenated alkanes) is 1. The van der Waals surface area contributed by atoms with E-state index >= 15 is 0 Å². The van der Waals surface area contributed by atoms with E-state index < -0.39 is 0 Å². The zero-order chi connectivity index (χ0) is 4.12. The van der Waals surface area contributed by atoms with Crippen molar-refractivity contribution in [1.82, 2.24) is 0 Å². The summed E-state index contributed by atoms with van der Waals surface area (Å²) in [6, 6.07) is 0. The monoisotopic (exact) mass is 440 g/mol. The standard InChI is InChI=1S/C4H9.H2O.3Sn.5H/c1-3-4-2;;;;;;;;;/h1,3-4H2,2H3;1H2;;;;;;;;. The van der Waals surface area contributed by atoms with Gasteiger partial charge in [0.15, 0.2) is 0 Å². The molecule has 4 heteroatoms. The van der Waals surface area contributed by atoms with Gasteiger partial charge in [-0.25, -0.2) is 0 Å². The molecule has 0 heterocycles. The van der Waals surface area contributed by atoms with E-state index in [2.05, 4.69) is 6.92 Å². The molecule has 0 saturated carbocycles. The van der Waals surface area contributed by atoms with E-state index in [0.717, 1.165) is 0 Å². The van der Waals surface area contributed by atoms with Crippen molar-refractivity contribution in [2.24, 2.45) is 0 Å². The summed E-state index contributed by atoms with van der Waals surface area (Å²) in [5, 5.41) is 0. The fourth-order valence-corrected chi connectivity index (χ4v) is 1.37. The Labute approximate surface area is 98.7 Å². The first kappa shape index (κ1) is 22.4. The second kappa shape index (κ2) is 22.8. The van der Waals surface area contributed by atoms with Crippen molar-refractivity contribution < 1.29 is 5.48 Å². The molecule has 0 aromatic carbocycles. The molecule has 0 aromatic rings. The van der Waals surface area contributed by atoms with Crippen molar-refractivity contribution in [3.63, 3.8) is 0 Å². The van der Waals surface area contributed by atoms with Crippen LogP contribution in [0.1, 0.15) is 19.8 Å². The Morgan fingerprint density at radius 1 is 1.25 bits per heavy atom. The molecule has 0 atom stereocenters. The molecule has 2 N–H and O–H groups in total. The third kappa shape index (κ3) is 23.8. The molecule has 0 aromatic heterocycles. The maximum atomic E-state index is 2.23. The molecule has 0 spiro atoms. The number of rotatable bonds is 2. The molecule has 0 aliphatic heterocycles. The summed E-state index contributed by atoms with van der Waals surface area (Å²) in [7, 11) is 0. The van der Waals surface area contributed by atoms with Gasteiger partial charge in [-0.1, -0.05) is 0 Å².